The van der Waals surface area contributed by atoms with E-state index < -0.39 is 10.2 Å². The maximum atomic E-state index is 13.4. The molecule has 4 aromatic rings. The van der Waals surface area contributed by atoms with E-state index in [2.05, 4.69) is 10.6 Å². The summed E-state index contributed by atoms with van der Waals surface area (Å²) in [6.07, 6.45) is 0. The summed E-state index contributed by atoms with van der Waals surface area (Å²) in [5.41, 5.74) is 4.54. The van der Waals surface area contributed by atoms with Crippen molar-refractivity contribution in [3.8, 4) is 0 Å². The molecule has 0 spiro atoms. The van der Waals surface area contributed by atoms with Gasteiger partial charge in [-0.15, -0.1) is 11.8 Å². The molecule has 37 heavy (non-hydrogen) atoms. The normalized spacial score (nSPS) is 11.4. The minimum Gasteiger partial charge on any atom is -0.325 e. The fourth-order valence-corrected chi connectivity index (χ4v) is 4.68. The number of benzene rings is 4. The van der Waals surface area contributed by atoms with Crippen molar-refractivity contribution in [1.29, 1.82) is 0 Å². The van der Waals surface area contributed by atoms with E-state index in [1.165, 1.54) is 36.0 Å². The molecule has 4 rings (SSSR count). The van der Waals surface area contributed by atoms with Gasteiger partial charge in [-0.1, -0.05) is 42.5 Å². The minimum atomic E-state index is -0.511. The van der Waals surface area contributed by atoms with E-state index in [1.807, 2.05) is 74.5 Å². The summed E-state index contributed by atoms with van der Waals surface area (Å²) < 4.78 is 0. The number of non-ortho nitro benzene ring substituents is 1. The van der Waals surface area contributed by atoms with E-state index in [9.17, 15) is 19.7 Å². The Bertz CT molecular complexity index is 1420. The van der Waals surface area contributed by atoms with Crippen LogP contribution in [0, 0.1) is 24.0 Å². The quantitative estimate of drug-likeness (QED) is 0.152. The lowest BCUT2D eigenvalue weighted by molar-refractivity contribution is -0.384. The molecule has 8 heteroatoms. The Morgan fingerprint density at radius 1 is 0.838 bits per heavy atom. The molecule has 0 bridgehead atoms. The summed E-state index contributed by atoms with van der Waals surface area (Å²) in [6.45, 7) is 3.95. The lowest BCUT2D eigenvalue weighted by Gasteiger charge is -2.18. The van der Waals surface area contributed by atoms with E-state index in [4.69, 9.17) is 0 Å². The van der Waals surface area contributed by atoms with Crippen LogP contribution < -0.4 is 10.6 Å². The van der Waals surface area contributed by atoms with Crippen molar-refractivity contribution in [3.63, 3.8) is 0 Å². The molecular weight excluding hydrogens is 486 g/mol. The van der Waals surface area contributed by atoms with Crippen LogP contribution >= 0.6 is 11.8 Å². The van der Waals surface area contributed by atoms with Crippen molar-refractivity contribution in [2.24, 2.45) is 0 Å². The molecule has 0 aliphatic rings. The molecule has 0 saturated carbocycles. The first-order valence-electron chi connectivity index (χ1n) is 11.6. The molecule has 2 N–H and O–H groups in total. The van der Waals surface area contributed by atoms with Crippen molar-refractivity contribution in [1.82, 2.24) is 0 Å². The largest absolute Gasteiger partial charge is 0.325 e. The van der Waals surface area contributed by atoms with E-state index in [0.717, 1.165) is 27.3 Å². The lowest BCUT2D eigenvalue weighted by atomic mass is 10.1. The molecule has 0 aliphatic carbocycles. The predicted octanol–water partition coefficient (Wildman–Crippen LogP) is 6.94. The Hall–Kier alpha value is -4.43. The second kappa shape index (κ2) is 11.5. The van der Waals surface area contributed by atoms with Crippen LogP contribution in [0.2, 0.25) is 0 Å². The number of hydrogen-bond donors (Lipinski definition) is 2. The molecule has 2 amide bonds. The number of thioether (sulfide) groups is 1. The Balaban J connectivity index is 1.48. The summed E-state index contributed by atoms with van der Waals surface area (Å²) in [5.74, 6) is -0.495. The first-order valence-corrected chi connectivity index (χ1v) is 12.4. The van der Waals surface area contributed by atoms with E-state index >= 15 is 0 Å². The highest BCUT2D eigenvalue weighted by Gasteiger charge is 2.23. The number of carbonyl (C=O) groups excluding carboxylic acids is 2. The van der Waals surface area contributed by atoms with Gasteiger partial charge in [-0.2, -0.15) is 0 Å². The number of amides is 2. The number of nitro groups is 1. The highest BCUT2D eigenvalue weighted by atomic mass is 32.2. The van der Waals surface area contributed by atoms with Crippen LogP contribution in [0.1, 0.15) is 32.3 Å². The fourth-order valence-electron chi connectivity index (χ4n) is 3.66. The number of nitro benzene ring substituents is 1. The Labute approximate surface area is 219 Å². The summed E-state index contributed by atoms with van der Waals surface area (Å²) in [5, 5.41) is 16.2. The van der Waals surface area contributed by atoms with Gasteiger partial charge in [0, 0.05) is 34.0 Å². The van der Waals surface area contributed by atoms with Gasteiger partial charge >= 0.3 is 0 Å². The van der Waals surface area contributed by atoms with Gasteiger partial charge in [0.15, 0.2) is 0 Å². The molecule has 0 aromatic heterocycles. The number of anilines is 2. The minimum absolute atomic E-state index is 0.0764. The van der Waals surface area contributed by atoms with Gasteiger partial charge in [-0.3, -0.25) is 19.7 Å². The average molecular weight is 512 g/mol. The average Bonchev–Trinajstić information content (AvgIpc) is 2.90. The Morgan fingerprint density at radius 3 is 2.16 bits per heavy atom. The van der Waals surface area contributed by atoms with Gasteiger partial charge in [0.05, 0.1) is 4.92 Å². The van der Waals surface area contributed by atoms with Gasteiger partial charge in [0.1, 0.15) is 5.25 Å². The first kappa shape index (κ1) is 25.7. The maximum Gasteiger partial charge on any atom is 0.269 e. The van der Waals surface area contributed by atoms with Crippen molar-refractivity contribution in [2.45, 2.75) is 24.0 Å². The van der Waals surface area contributed by atoms with Crippen molar-refractivity contribution in [3.05, 3.63) is 129 Å². The molecule has 7 nitrogen and oxygen atoms in total. The van der Waals surface area contributed by atoms with E-state index in [0.29, 0.717) is 11.3 Å². The van der Waals surface area contributed by atoms with Crippen LogP contribution in [0.5, 0.6) is 0 Å². The lowest BCUT2D eigenvalue weighted by Crippen LogP contribution is -2.19. The first-order chi connectivity index (χ1) is 17.8. The molecule has 186 valence electrons. The highest BCUT2D eigenvalue weighted by molar-refractivity contribution is 8.00. The van der Waals surface area contributed by atoms with Crippen LogP contribution in [0.4, 0.5) is 17.1 Å². The van der Waals surface area contributed by atoms with Crippen LogP contribution in [0.25, 0.3) is 0 Å². The number of nitrogens with zero attached hydrogens (tertiary/aromatic N) is 1. The summed E-state index contributed by atoms with van der Waals surface area (Å²) >= 11 is 1.42. The maximum absolute atomic E-state index is 13.4. The van der Waals surface area contributed by atoms with Gasteiger partial charge in [-0.05, 0) is 73.0 Å². The van der Waals surface area contributed by atoms with Crippen LogP contribution in [-0.4, -0.2) is 16.7 Å². The summed E-state index contributed by atoms with van der Waals surface area (Å²) in [4.78, 5) is 37.1. The van der Waals surface area contributed by atoms with Crippen molar-refractivity contribution < 1.29 is 14.5 Å². The van der Waals surface area contributed by atoms with Gasteiger partial charge in [-0.25, -0.2) is 0 Å². The predicted molar refractivity (Wildman–Crippen MR) is 147 cm³/mol. The number of aryl methyl sites for hydroxylation is 2. The molecule has 4 aromatic carbocycles. The third kappa shape index (κ3) is 6.62. The van der Waals surface area contributed by atoms with Gasteiger partial charge in [0.2, 0.25) is 5.91 Å². The molecule has 0 radical (unpaired) electrons. The molecule has 0 heterocycles. The standard InChI is InChI=1S/C29H25N3O4S/c1-19-8-9-20(2)26(18-19)31-29(34)27(21-6-4-3-5-7-21)37-25-16-12-23(13-17-25)30-28(33)22-10-14-24(15-11-22)32(35)36/h3-18,27H,1-2H3,(H,30,33)(H,31,34). The molecule has 1 unspecified atom stereocenters. The van der Waals surface area contributed by atoms with E-state index in [-0.39, 0.29) is 17.5 Å². The molecule has 1 atom stereocenters. The van der Waals surface area contributed by atoms with Gasteiger partial charge < -0.3 is 10.6 Å². The Morgan fingerprint density at radius 2 is 1.51 bits per heavy atom. The highest BCUT2D eigenvalue weighted by Crippen LogP contribution is 2.37. The monoisotopic (exact) mass is 511 g/mol. The third-order valence-corrected chi connectivity index (χ3v) is 6.96. The van der Waals surface area contributed by atoms with Gasteiger partial charge in [0.25, 0.3) is 11.6 Å². The molecular formula is C29H25N3O4S. The van der Waals surface area contributed by atoms with Crippen molar-refractivity contribution >= 4 is 40.6 Å². The Kier molecular flexibility index (Phi) is 8.00. The zero-order valence-corrected chi connectivity index (χ0v) is 21.1. The topological polar surface area (TPSA) is 101 Å². The third-order valence-electron chi connectivity index (χ3n) is 5.70. The van der Waals surface area contributed by atoms with E-state index in [1.54, 1.807) is 12.1 Å². The number of hydrogen-bond acceptors (Lipinski definition) is 5. The molecule has 0 fully saturated rings. The molecule has 0 saturated heterocycles. The summed E-state index contributed by atoms with van der Waals surface area (Å²) in [7, 11) is 0. The second-order valence-electron chi connectivity index (χ2n) is 8.50. The van der Waals surface area contributed by atoms with Crippen LogP contribution in [0.3, 0.4) is 0 Å². The molecule has 0 aliphatic heterocycles. The van der Waals surface area contributed by atoms with Crippen molar-refractivity contribution in [2.75, 3.05) is 10.6 Å². The zero-order chi connectivity index (χ0) is 26.4. The number of carbonyl (C=O) groups is 2. The van der Waals surface area contributed by atoms with Crippen LogP contribution in [-0.2, 0) is 4.79 Å². The second-order valence-corrected chi connectivity index (χ2v) is 9.68. The SMILES string of the molecule is Cc1ccc(C)c(NC(=O)C(Sc2ccc(NC(=O)c3ccc([N+](=O)[O-])cc3)cc2)c2ccccc2)c1. The number of nitrogens with one attached hydrogen (secondary N) is 2. The zero-order valence-electron chi connectivity index (χ0n) is 20.3. The smallest absolute Gasteiger partial charge is 0.269 e. The fraction of sp³-hybridized carbons (Fsp3) is 0.103. The van der Waals surface area contributed by atoms with Crippen LogP contribution in [0.15, 0.2) is 102 Å². The summed E-state index contributed by atoms with van der Waals surface area (Å²) in [6, 6.07) is 28.2. The number of rotatable bonds is 8.